The number of hydrogen-bond donors (Lipinski definition) is 0. The molecule has 2 heterocycles. The Morgan fingerprint density at radius 3 is 2.45 bits per heavy atom. The van der Waals surface area contributed by atoms with Gasteiger partial charge in [0, 0.05) is 42.8 Å². The fourth-order valence-electron chi connectivity index (χ4n) is 3.54. The highest BCUT2D eigenvalue weighted by Crippen LogP contribution is 2.25. The second-order valence-corrected chi connectivity index (χ2v) is 7.97. The fraction of sp³-hybridized carbons (Fsp3) is 0.261. The second kappa shape index (κ2) is 9.54. The van der Waals surface area contributed by atoms with Crippen molar-refractivity contribution in [1.82, 2.24) is 14.9 Å². The van der Waals surface area contributed by atoms with Crippen molar-refractivity contribution in [2.24, 2.45) is 0 Å². The van der Waals surface area contributed by atoms with E-state index in [4.69, 9.17) is 27.9 Å². The Hall–Kier alpha value is -2.83. The third kappa shape index (κ3) is 4.92. The zero-order valence-corrected chi connectivity index (χ0v) is 18.6. The molecule has 160 valence electrons. The number of hydrogen-bond acceptors (Lipinski definition) is 5. The number of benzene rings is 2. The molecule has 3 aromatic rings. The largest absolute Gasteiger partial charge is 0.494 e. The normalized spacial score (nSPS) is 13.9. The molecule has 1 aromatic heterocycles. The van der Waals surface area contributed by atoms with E-state index >= 15 is 0 Å². The molecule has 2 aromatic carbocycles. The van der Waals surface area contributed by atoms with Gasteiger partial charge in [-0.05, 0) is 49.4 Å². The Kier molecular flexibility index (Phi) is 6.59. The monoisotopic (exact) mass is 456 g/mol. The molecule has 0 bridgehead atoms. The van der Waals surface area contributed by atoms with Crippen LogP contribution in [0, 0.1) is 0 Å². The third-order valence-electron chi connectivity index (χ3n) is 5.16. The minimum Gasteiger partial charge on any atom is -0.494 e. The number of amides is 1. The van der Waals surface area contributed by atoms with Crippen molar-refractivity contribution >= 4 is 34.9 Å². The van der Waals surface area contributed by atoms with Gasteiger partial charge in [0.2, 0.25) is 0 Å². The van der Waals surface area contributed by atoms with Crippen molar-refractivity contribution in [2.45, 2.75) is 6.92 Å². The van der Waals surface area contributed by atoms with Crippen LogP contribution in [0.1, 0.15) is 17.3 Å². The van der Waals surface area contributed by atoms with E-state index in [2.05, 4.69) is 14.9 Å². The van der Waals surface area contributed by atoms with Crippen molar-refractivity contribution in [3.05, 3.63) is 70.5 Å². The van der Waals surface area contributed by atoms with Gasteiger partial charge >= 0.3 is 0 Å². The van der Waals surface area contributed by atoms with Crippen molar-refractivity contribution in [3.8, 4) is 17.0 Å². The maximum atomic E-state index is 12.9. The van der Waals surface area contributed by atoms with Crippen LogP contribution in [0.2, 0.25) is 10.0 Å². The first-order chi connectivity index (χ1) is 15.0. The van der Waals surface area contributed by atoms with E-state index in [1.54, 1.807) is 29.4 Å². The molecule has 1 fully saturated rings. The third-order valence-corrected chi connectivity index (χ3v) is 5.73. The van der Waals surface area contributed by atoms with E-state index in [1.807, 2.05) is 37.3 Å². The molecule has 8 heteroatoms. The SMILES string of the molecule is CCOc1ccc(-c2cc(N3CCN(C(=O)c4cc(Cl)ccc4Cl)CC3)ncn2)cc1. The lowest BCUT2D eigenvalue weighted by Crippen LogP contribution is -2.49. The molecule has 0 unspecified atom stereocenters. The van der Waals surface area contributed by atoms with Crippen LogP contribution < -0.4 is 9.64 Å². The van der Waals surface area contributed by atoms with Gasteiger partial charge in [-0.3, -0.25) is 4.79 Å². The van der Waals surface area contributed by atoms with Crippen LogP contribution in [0.25, 0.3) is 11.3 Å². The number of ether oxygens (including phenoxy) is 1. The lowest BCUT2D eigenvalue weighted by molar-refractivity contribution is 0.0746. The van der Waals surface area contributed by atoms with Crippen molar-refractivity contribution in [2.75, 3.05) is 37.7 Å². The Bertz CT molecular complexity index is 1070. The van der Waals surface area contributed by atoms with Crippen LogP contribution in [-0.4, -0.2) is 53.6 Å². The molecule has 1 aliphatic heterocycles. The first-order valence-corrected chi connectivity index (χ1v) is 10.9. The summed E-state index contributed by atoms with van der Waals surface area (Å²) in [7, 11) is 0. The highest BCUT2D eigenvalue weighted by Gasteiger charge is 2.24. The number of nitrogens with zero attached hydrogens (tertiary/aromatic N) is 4. The Labute approximate surface area is 191 Å². The Morgan fingerprint density at radius 2 is 1.74 bits per heavy atom. The lowest BCUT2D eigenvalue weighted by Gasteiger charge is -2.35. The number of rotatable bonds is 5. The summed E-state index contributed by atoms with van der Waals surface area (Å²) in [6.07, 6.45) is 1.57. The molecule has 6 nitrogen and oxygen atoms in total. The second-order valence-electron chi connectivity index (χ2n) is 7.12. The van der Waals surface area contributed by atoms with Crippen LogP contribution in [-0.2, 0) is 0 Å². The molecule has 0 radical (unpaired) electrons. The average Bonchev–Trinajstić information content (AvgIpc) is 2.81. The van der Waals surface area contributed by atoms with Crippen LogP contribution in [0.5, 0.6) is 5.75 Å². The minimum atomic E-state index is -0.107. The van der Waals surface area contributed by atoms with E-state index in [1.165, 1.54) is 0 Å². The molecule has 0 spiro atoms. The Morgan fingerprint density at radius 1 is 1.00 bits per heavy atom. The van der Waals surface area contributed by atoms with E-state index < -0.39 is 0 Å². The van der Waals surface area contributed by atoms with Crippen molar-refractivity contribution in [1.29, 1.82) is 0 Å². The van der Waals surface area contributed by atoms with Crippen LogP contribution in [0.15, 0.2) is 54.9 Å². The van der Waals surface area contributed by atoms with Crippen LogP contribution in [0.3, 0.4) is 0 Å². The van der Waals surface area contributed by atoms with Crippen LogP contribution in [0.4, 0.5) is 5.82 Å². The smallest absolute Gasteiger partial charge is 0.255 e. The van der Waals surface area contributed by atoms with E-state index in [-0.39, 0.29) is 5.91 Å². The van der Waals surface area contributed by atoms with Crippen LogP contribution >= 0.6 is 23.2 Å². The van der Waals surface area contributed by atoms with E-state index in [0.29, 0.717) is 48.4 Å². The number of carbonyl (C=O) groups is 1. The molecule has 1 aliphatic rings. The molecular formula is C23H22Cl2N4O2. The zero-order chi connectivity index (χ0) is 21.8. The summed E-state index contributed by atoms with van der Waals surface area (Å²) >= 11 is 12.2. The van der Waals surface area contributed by atoms with E-state index in [0.717, 1.165) is 22.8 Å². The van der Waals surface area contributed by atoms with Gasteiger partial charge in [-0.25, -0.2) is 9.97 Å². The summed E-state index contributed by atoms with van der Waals surface area (Å²) in [5.41, 5.74) is 2.27. The van der Waals surface area contributed by atoms with Gasteiger partial charge in [-0.2, -0.15) is 0 Å². The van der Waals surface area contributed by atoms with Gasteiger partial charge in [0.1, 0.15) is 17.9 Å². The molecule has 0 atom stereocenters. The number of halogens is 2. The molecular weight excluding hydrogens is 435 g/mol. The molecule has 31 heavy (non-hydrogen) atoms. The van der Waals surface area contributed by atoms with Crippen molar-refractivity contribution in [3.63, 3.8) is 0 Å². The summed E-state index contributed by atoms with van der Waals surface area (Å²) in [5, 5.41) is 0.904. The number of aromatic nitrogens is 2. The minimum absolute atomic E-state index is 0.107. The van der Waals surface area contributed by atoms with Gasteiger partial charge in [0.15, 0.2) is 0 Å². The predicted molar refractivity (Wildman–Crippen MR) is 123 cm³/mol. The van der Waals surface area contributed by atoms with Gasteiger partial charge in [-0.1, -0.05) is 23.2 Å². The molecule has 0 saturated carbocycles. The summed E-state index contributed by atoms with van der Waals surface area (Å²) < 4.78 is 5.50. The molecule has 0 N–H and O–H groups in total. The van der Waals surface area contributed by atoms with Gasteiger partial charge in [0.05, 0.1) is 22.9 Å². The number of anilines is 1. The summed E-state index contributed by atoms with van der Waals surface area (Å²) in [6.45, 7) is 5.08. The number of piperazine rings is 1. The number of carbonyl (C=O) groups excluding carboxylic acids is 1. The summed E-state index contributed by atoms with van der Waals surface area (Å²) in [6, 6.07) is 14.8. The van der Waals surface area contributed by atoms with Gasteiger partial charge in [-0.15, -0.1) is 0 Å². The highest BCUT2D eigenvalue weighted by atomic mass is 35.5. The highest BCUT2D eigenvalue weighted by molar-refractivity contribution is 6.35. The maximum absolute atomic E-state index is 12.9. The van der Waals surface area contributed by atoms with E-state index in [9.17, 15) is 4.79 Å². The Balaban J connectivity index is 1.44. The maximum Gasteiger partial charge on any atom is 0.255 e. The van der Waals surface area contributed by atoms with Crippen molar-refractivity contribution < 1.29 is 9.53 Å². The molecule has 4 rings (SSSR count). The predicted octanol–water partition coefficient (Wildman–Crippen LogP) is 4.81. The first-order valence-electron chi connectivity index (χ1n) is 10.1. The lowest BCUT2D eigenvalue weighted by atomic mass is 10.1. The summed E-state index contributed by atoms with van der Waals surface area (Å²) in [4.78, 5) is 25.7. The molecule has 1 amide bonds. The fourth-order valence-corrected chi connectivity index (χ4v) is 3.91. The summed E-state index contributed by atoms with van der Waals surface area (Å²) in [5.74, 6) is 1.57. The average molecular weight is 457 g/mol. The van der Waals surface area contributed by atoms with Gasteiger partial charge in [0.25, 0.3) is 5.91 Å². The molecule has 1 saturated heterocycles. The topological polar surface area (TPSA) is 58.6 Å². The van der Waals surface area contributed by atoms with Gasteiger partial charge < -0.3 is 14.5 Å². The standard InChI is InChI=1S/C23H22Cl2N4O2/c1-2-31-18-6-3-16(4-7-18)21-14-22(27-15-26-21)28-9-11-29(12-10-28)23(30)19-13-17(24)5-8-20(19)25/h3-8,13-15H,2,9-12H2,1H3. The zero-order valence-electron chi connectivity index (χ0n) is 17.1. The molecule has 0 aliphatic carbocycles. The first kappa shape index (κ1) is 21.4. The quantitative estimate of drug-likeness (QED) is 0.551.